The number of amides is 2. The Morgan fingerprint density at radius 1 is 1.35 bits per heavy atom. The van der Waals surface area contributed by atoms with Crippen molar-refractivity contribution in [3.8, 4) is 11.8 Å². The van der Waals surface area contributed by atoms with Crippen molar-refractivity contribution < 1.29 is 18.4 Å². The van der Waals surface area contributed by atoms with Crippen molar-refractivity contribution in [2.45, 2.75) is 25.8 Å². The van der Waals surface area contributed by atoms with Gasteiger partial charge in [-0.25, -0.2) is 8.78 Å². The van der Waals surface area contributed by atoms with Crippen molar-refractivity contribution in [1.29, 1.82) is 0 Å². The largest absolute Gasteiger partial charge is 0.368 e. The number of primary amides is 1. The number of halogens is 2. The van der Waals surface area contributed by atoms with E-state index in [9.17, 15) is 18.4 Å². The van der Waals surface area contributed by atoms with Crippen LogP contribution in [0.1, 0.15) is 25.3 Å². The highest BCUT2D eigenvalue weighted by Crippen LogP contribution is 2.07. The second kappa shape index (κ2) is 7.24. The Bertz CT molecular complexity index is 576. The Morgan fingerprint density at radius 2 is 2.05 bits per heavy atom. The maximum atomic E-state index is 12.9. The predicted molar refractivity (Wildman–Crippen MR) is 69.3 cm³/mol. The molecule has 0 unspecified atom stereocenters. The van der Waals surface area contributed by atoms with E-state index in [-0.39, 0.29) is 5.56 Å². The molecule has 2 amide bonds. The maximum Gasteiger partial charge on any atom is 0.296 e. The van der Waals surface area contributed by atoms with Crippen LogP contribution in [-0.4, -0.2) is 17.9 Å². The molecule has 0 spiro atoms. The third-order valence-corrected chi connectivity index (χ3v) is 2.47. The van der Waals surface area contributed by atoms with Crippen LogP contribution < -0.4 is 11.1 Å². The molecule has 0 aliphatic carbocycles. The van der Waals surface area contributed by atoms with E-state index in [2.05, 4.69) is 17.2 Å². The molecular weight excluding hydrogens is 266 g/mol. The number of benzene rings is 1. The first-order valence-electron chi connectivity index (χ1n) is 6.01. The highest BCUT2D eigenvalue weighted by molar-refractivity contribution is 5.97. The third kappa shape index (κ3) is 4.69. The van der Waals surface area contributed by atoms with Gasteiger partial charge in [-0.05, 0) is 24.6 Å². The van der Waals surface area contributed by atoms with Crippen LogP contribution in [0.15, 0.2) is 18.2 Å². The van der Waals surface area contributed by atoms with Gasteiger partial charge in [0.25, 0.3) is 5.91 Å². The Kier molecular flexibility index (Phi) is 5.66. The Labute approximate surface area is 115 Å². The van der Waals surface area contributed by atoms with Gasteiger partial charge >= 0.3 is 0 Å². The molecule has 0 aliphatic heterocycles. The minimum absolute atomic E-state index is 0.158. The molecule has 1 rings (SSSR count). The molecule has 1 aromatic carbocycles. The summed E-state index contributed by atoms with van der Waals surface area (Å²) in [4.78, 5) is 22.5. The van der Waals surface area contributed by atoms with E-state index in [1.54, 1.807) is 0 Å². The monoisotopic (exact) mass is 280 g/mol. The number of hydrogen-bond donors (Lipinski definition) is 2. The summed E-state index contributed by atoms with van der Waals surface area (Å²) in [5, 5.41) is 2.36. The Balaban J connectivity index is 2.73. The summed E-state index contributed by atoms with van der Waals surface area (Å²) in [6, 6.07) is 2.26. The third-order valence-electron chi connectivity index (χ3n) is 2.47. The van der Waals surface area contributed by atoms with Gasteiger partial charge in [-0.2, -0.15) is 0 Å². The molecule has 0 heterocycles. The lowest BCUT2D eigenvalue weighted by molar-refractivity contribution is -0.124. The van der Waals surface area contributed by atoms with Crippen LogP contribution in [0, 0.1) is 23.5 Å². The first kappa shape index (κ1) is 15.6. The lowest BCUT2D eigenvalue weighted by Crippen LogP contribution is -2.43. The van der Waals surface area contributed by atoms with Gasteiger partial charge in [0, 0.05) is 11.5 Å². The predicted octanol–water partition coefficient (Wildman–Crippen LogP) is 1.09. The molecule has 0 bridgehead atoms. The fraction of sp³-hybridized carbons (Fsp3) is 0.286. The second-order valence-corrected chi connectivity index (χ2v) is 4.10. The van der Waals surface area contributed by atoms with Gasteiger partial charge in [-0.1, -0.05) is 19.3 Å². The molecule has 3 N–H and O–H groups in total. The standard InChI is InChI=1S/C14H14F2N2O2/c1-2-3-12(14(17)20)18-13(19)7-5-9-4-6-10(15)11(16)8-9/h4,6,8,12H,2-3H2,1H3,(H2,17,20)(H,18,19)/t12-/m0/s1. The van der Waals surface area contributed by atoms with Crippen LogP contribution in [0.3, 0.4) is 0 Å². The highest BCUT2D eigenvalue weighted by atomic mass is 19.2. The van der Waals surface area contributed by atoms with E-state index >= 15 is 0 Å². The van der Waals surface area contributed by atoms with Gasteiger partial charge < -0.3 is 11.1 Å². The molecule has 0 radical (unpaired) electrons. The van der Waals surface area contributed by atoms with Gasteiger partial charge in [0.05, 0.1) is 0 Å². The molecule has 0 aliphatic rings. The molecule has 4 nitrogen and oxygen atoms in total. The average Bonchev–Trinajstić information content (AvgIpc) is 2.39. The van der Waals surface area contributed by atoms with Crippen LogP contribution in [0.25, 0.3) is 0 Å². The molecule has 1 aromatic rings. The van der Waals surface area contributed by atoms with Crippen LogP contribution >= 0.6 is 0 Å². The number of nitrogens with one attached hydrogen (secondary N) is 1. The SMILES string of the molecule is CCC[C@H](NC(=O)C#Cc1ccc(F)c(F)c1)C(N)=O. The van der Waals surface area contributed by atoms with Gasteiger partial charge in [-0.3, -0.25) is 9.59 Å². The van der Waals surface area contributed by atoms with Crippen molar-refractivity contribution >= 4 is 11.8 Å². The van der Waals surface area contributed by atoms with Crippen LogP contribution in [0.2, 0.25) is 0 Å². The zero-order valence-electron chi connectivity index (χ0n) is 10.9. The average molecular weight is 280 g/mol. The van der Waals surface area contributed by atoms with Gasteiger partial charge in [0.2, 0.25) is 5.91 Å². The van der Waals surface area contributed by atoms with Crippen molar-refractivity contribution in [1.82, 2.24) is 5.32 Å². The summed E-state index contributed by atoms with van der Waals surface area (Å²) < 4.78 is 25.6. The minimum Gasteiger partial charge on any atom is -0.368 e. The smallest absolute Gasteiger partial charge is 0.296 e. The minimum atomic E-state index is -1.04. The molecule has 0 saturated carbocycles. The summed E-state index contributed by atoms with van der Waals surface area (Å²) in [5.74, 6) is 1.19. The zero-order chi connectivity index (χ0) is 15.1. The Morgan fingerprint density at radius 3 is 2.60 bits per heavy atom. The van der Waals surface area contributed by atoms with Crippen LogP contribution in [-0.2, 0) is 9.59 Å². The highest BCUT2D eigenvalue weighted by Gasteiger charge is 2.15. The molecule has 1 atom stereocenters. The van der Waals surface area contributed by atoms with Crippen molar-refractivity contribution in [3.05, 3.63) is 35.4 Å². The quantitative estimate of drug-likeness (QED) is 0.810. The van der Waals surface area contributed by atoms with E-state index < -0.39 is 29.5 Å². The Hall–Kier alpha value is -2.42. The molecule has 0 fully saturated rings. The van der Waals surface area contributed by atoms with Crippen molar-refractivity contribution in [2.75, 3.05) is 0 Å². The van der Waals surface area contributed by atoms with Crippen LogP contribution in [0.5, 0.6) is 0 Å². The van der Waals surface area contributed by atoms with E-state index in [4.69, 9.17) is 5.73 Å². The van der Waals surface area contributed by atoms with Crippen molar-refractivity contribution in [3.63, 3.8) is 0 Å². The zero-order valence-corrected chi connectivity index (χ0v) is 10.9. The lowest BCUT2D eigenvalue weighted by Gasteiger charge is -2.11. The number of rotatable bonds is 4. The molecular formula is C14H14F2N2O2. The fourth-order valence-electron chi connectivity index (χ4n) is 1.47. The molecule has 106 valence electrons. The lowest BCUT2D eigenvalue weighted by atomic mass is 10.1. The first-order chi connectivity index (χ1) is 9.43. The van der Waals surface area contributed by atoms with Gasteiger partial charge in [-0.15, -0.1) is 0 Å². The van der Waals surface area contributed by atoms with Gasteiger partial charge in [0.15, 0.2) is 11.6 Å². The summed E-state index contributed by atoms with van der Waals surface area (Å²) in [6.07, 6.45) is 1.08. The summed E-state index contributed by atoms with van der Waals surface area (Å²) in [7, 11) is 0. The summed E-state index contributed by atoms with van der Waals surface area (Å²) in [5.41, 5.74) is 5.28. The van der Waals surface area contributed by atoms with Gasteiger partial charge in [0.1, 0.15) is 6.04 Å². The first-order valence-corrected chi connectivity index (χ1v) is 6.01. The molecule has 0 saturated heterocycles. The number of hydrogen-bond acceptors (Lipinski definition) is 2. The molecule has 0 aromatic heterocycles. The molecule has 20 heavy (non-hydrogen) atoms. The van der Waals surface area contributed by atoms with E-state index in [0.29, 0.717) is 12.8 Å². The second-order valence-electron chi connectivity index (χ2n) is 4.10. The van der Waals surface area contributed by atoms with Crippen molar-refractivity contribution in [2.24, 2.45) is 5.73 Å². The summed E-state index contributed by atoms with van der Waals surface area (Å²) in [6.45, 7) is 1.84. The maximum absolute atomic E-state index is 12.9. The van der Waals surface area contributed by atoms with E-state index in [1.807, 2.05) is 6.92 Å². The van der Waals surface area contributed by atoms with E-state index in [1.165, 1.54) is 6.07 Å². The van der Waals surface area contributed by atoms with E-state index in [0.717, 1.165) is 12.1 Å². The van der Waals surface area contributed by atoms with Crippen LogP contribution in [0.4, 0.5) is 8.78 Å². The number of carbonyl (C=O) groups is 2. The fourth-order valence-corrected chi connectivity index (χ4v) is 1.47. The number of carbonyl (C=O) groups excluding carboxylic acids is 2. The normalized spacial score (nSPS) is 11.2. The molecule has 6 heteroatoms. The topological polar surface area (TPSA) is 72.2 Å². The summed E-state index contributed by atoms with van der Waals surface area (Å²) >= 11 is 0. The number of nitrogens with two attached hydrogens (primary N) is 1.